The largest absolute Gasteiger partial charge is 0.396 e. The standard InChI is InChI=1S/C15H24N4O2S2/c1-10(2)22-23-14(5-6-20)11(3)19(9-21)8-13-7-17-12(4)18-15(13)16/h7,9-10,20H,5-6,8H2,1-4H3,(H2,16,17,18). The van der Waals surface area contributed by atoms with Gasteiger partial charge < -0.3 is 15.7 Å². The predicted molar refractivity (Wildman–Crippen MR) is 97.5 cm³/mol. The second-order valence-electron chi connectivity index (χ2n) is 5.27. The maximum atomic E-state index is 11.5. The molecule has 6 nitrogen and oxygen atoms in total. The zero-order chi connectivity index (χ0) is 17.4. The minimum absolute atomic E-state index is 0.0425. The molecule has 23 heavy (non-hydrogen) atoms. The quantitative estimate of drug-likeness (QED) is 0.519. The number of aliphatic hydroxyl groups is 1. The Morgan fingerprint density at radius 1 is 1.52 bits per heavy atom. The van der Waals surface area contributed by atoms with Gasteiger partial charge in [0.15, 0.2) is 0 Å². The highest BCUT2D eigenvalue weighted by atomic mass is 33.1. The lowest BCUT2D eigenvalue weighted by Crippen LogP contribution is -2.21. The second kappa shape index (κ2) is 9.79. The van der Waals surface area contributed by atoms with Crippen molar-refractivity contribution in [2.45, 2.75) is 45.9 Å². The molecule has 128 valence electrons. The van der Waals surface area contributed by atoms with Crippen LogP contribution in [-0.4, -0.2) is 38.2 Å². The Hall–Kier alpha value is -1.25. The fraction of sp³-hybridized carbons (Fsp3) is 0.533. The van der Waals surface area contributed by atoms with Crippen LogP contribution in [0.15, 0.2) is 16.8 Å². The van der Waals surface area contributed by atoms with Crippen molar-refractivity contribution in [2.24, 2.45) is 0 Å². The number of nitrogen functional groups attached to an aromatic ring is 1. The minimum atomic E-state index is 0.0425. The van der Waals surface area contributed by atoms with Crippen molar-refractivity contribution in [1.29, 1.82) is 0 Å². The highest BCUT2D eigenvalue weighted by molar-refractivity contribution is 8.78. The average molecular weight is 357 g/mol. The van der Waals surface area contributed by atoms with E-state index in [1.165, 1.54) is 0 Å². The van der Waals surface area contributed by atoms with Crippen LogP contribution < -0.4 is 5.73 Å². The van der Waals surface area contributed by atoms with Gasteiger partial charge in [0, 0.05) is 40.6 Å². The Labute approximate surface area is 145 Å². The summed E-state index contributed by atoms with van der Waals surface area (Å²) in [6.07, 6.45) is 2.93. The van der Waals surface area contributed by atoms with Crippen LogP contribution in [0, 0.1) is 6.92 Å². The van der Waals surface area contributed by atoms with E-state index in [0.29, 0.717) is 35.4 Å². The molecule has 0 aliphatic carbocycles. The Morgan fingerprint density at radius 3 is 2.74 bits per heavy atom. The first-order valence-corrected chi connectivity index (χ1v) is 9.54. The number of hydrogen-bond donors (Lipinski definition) is 2. The fourth-order valence-corrected chi connectivity index (χ4v) is 4.01. The van der Waals surface area contributed by atoms with Gasteiger partial charge in [-0.3, -0.25) is 4.79 Å². The molecule has 0 atom stereocenters. The monoisotopic (exact) mass is 356 g/mol. The lowest BCUT2D eigenvalue weighted by molar-refractivity contribution is -0.116. The van der Waals surface area contributed by atoms with Crippen molar-refractivity contribution in [3.05, 3.63) is 28.2 Å². The van der Waals surface area contributed by atoms with Gasteiger partial charge in [0.2, 0.25) is 6.41 Å². The molecular weight excluding hydrogens is 332 g/mol. The highest BCUT2D eigenvalue weighted by Crippen LogP contribution is 2.37. The van der Waals surface area contributed by atoms with Gasteiger partial charge in [0.25, 0.3) is 0 Å². The van der Waals surface area contributed by atoms with Gasteiger partial charge in [-0.2, -0.15) is 0 Å². The Morgan fingerprint density at radius 2 is 2.22 bits per heavy atom. The molecule has 0 unspecified atom stereocenters. The Balaban J connectivity index is 2.98. The van der Waals surface area contributed by atoms with Crippen molar-refractivity contribution in [3.63, 3.8) is 0 Å². The predicted octanol–water partition coefficient (Wildman–Crippen LogP) is 2.73. The zero-order valence-electron chi connectivity index (χ0n) is 13.9. The number of carbonyl (C=O) groups excluding carboxylic acids is 1. The van der Waals surface area contributed by atoms with Gasteiger partial charge in [-0.25, -0.2) is 9.97 Å². The summed E-state index contributed by atoms with van der Waals surface area (Å²) >= 11 is 0. The molecule has 0 spiro atoms. The topological polar surface area (TPSA) is 92.3 Å². The van der Waals surface area contributed by atoms with Gasteiger partial charge in [0.05, 0.1) is 6.54 Å². The van der Waals surface area contributed by atoms with E-state index in [2.05, 4.69) is 23.8 Å². The summed E-state index contributed by atoms with van der Waals surface area (Å²) in [6.45, 7) is 8.20. The van der Waals surface area contributed by atoms with E-state index in [1.807, 2.05) is 6.92 Å². The molecule has 1 rings (SSSR count). The number of amides is 1. The van der Waals surface area contributed by atoms with E-state index in [4.69, 9.17) is 5.73 Å². The lowest BCUT2D eigenvalue weighted by atomic mass is 10.2. The van der Waals surface area contributed by atoms with Crippen LogP contribution in [0.2, 0.25) is 0 Å². The van der Waals surface area contributed by atoms with E-state index in [0.717, 1.165) is 17.0 Å². The number of hydrogen-bond acceptors (Lipinski definition) is 7. The number of rotatable bonds is 9. The van der Waals surface area contributed by atoms with Crippen LogP contribution in [0.25, 0.3) is 0 Å². The van der Waals surface area contributed by atoms with Crippen molar-refractivity contribution in [2.75, 3.05) is 12.3 Å². The van der Waals surface area contributed by atoms with Crippen LogP contribution in [-0.2, 0) is 11.3 Å². The number of aromatic nitrogens is 2. The molecule has 8 heteroatoms. The molecular formula is C15H24N4O2S2. The molecule has 0 aromatic carbocycles. The molecule has 0 saturated carbocycles. The van der Waals surface area contributed by atoms with Crippen LogP contribution in [0.4, 0.5) is 5.82 Å². The third kappa shape index (κ3) is 6.40. The first-order chi connectivity index (χ1) is 10.9. The summed E-state index contributed by atoms with van der Waals surface area (Å²) < 4.78 is 0. The SMILES string of the molecule is CC(=C(CCO)SSC(C)C)N(C=O)Cc1cnc(C)nc1N. The minimum Gasteiger partial charge on any atom is -0.396 e. The maximum absolute atomic E-state index is 11.5. The van der Waals surface area contributed by atoms with E-state index >= 15 is 0 Å². The Bertz CT molecular complexity index is 564. The number of nitrogens with two attached hydrogens (primary N) is 1. The summed E-state index contributed by atoms with van der Waals surface area (Å²) in [4.78, 5) is 22.3. The average Bonchev–Trinajstić information content (AvgIpc) is 2.50. The summed E-state index contributed by atoms with van der Waals surface area (Å²) in [6, 6.07) is 0. The summed E-state index contributed by atoms with van der Waals surface area (Å²) in [7, 11) is 3.30. The van der Waals surface area contributed by atoms with Crippen LogP contribution >= 0.6 is 21.6 Å². The van der Waals surface area contributed by atoms with E-state index < -0.39 is 0 Å². The summed E-state index contributed by atoms with van der Waals surface area (Å²) in [5.41, 5.74) is 7.41. The Kier molecular flexibility index (Phi) is 8.43. The van der Waals surface area contributed by atoms with Crippen LogP contribution in [0.3, 0.4) is 0 Å². The zero-order valence-corrected chi connectivity index (χ0v) is 15.6. The number of nitrogens with zero attached hydrogens (tertiary/aromatic N) is 3. The molecule has 0 fully saturated rings. The van der Waals surface area contributed by atoms with Gasteiger partial charge in [-0.15, -0.1) is 0 Å². The van der Waals surface area contributed by atoms with Gasteiger partial charge in [-0.1, -0.05) is 35.4 Å². The molecule has 1 heterocycles. The van der Waals surface area contributed by atoms with Crippen LogP contribution in [0.5, 0.6) is 0 Å². The number of anilines is 1. The van der Waals surface area contributed by atoms with Crippen molar-refractivity contribution in [1.82, 2.24) is 14.9 Å². The lowest BCUT2D eigenvalue weighted by Gasteiger charge is -2.22. The number of aryl methyl sites for hydroxylation is 1. The molecule has 1 aromatic heterocycles. The van der Waals surface area contributed by atoms with Gasteiger partial charge in [0.1, 0.15) is 11.6 Å². The molecule has 1 amide bonds. The number of aliphatic hydroxyl groups excluding tert-OH is 1. The third-order valence-corrected chi connectivity index (χ3v) is 6.23. The van der Waals surface area contributed by atoms with E-state index in [9.17, 15) is 9.90 Å². The molecule has 1 aromatic rings. The molecule has 0 radical (unpaired) electrons. The third-order valence-electron chi connectivity index (χ3n) is 3.00. The molecule has 3 N–H and O–H groups in total. The first-order valence-electron chi connectivity index (χ1n) is 7.32. The van der Waals surface area contributed by atoms with Crippen molar-refractivity contribution < 1.29 is 9.90 Å². The molecule has 0 bridgehead atoms. The molecule has 0 aliphatic heterocycles. The van der Waals surface area contributed by atoms with E-state index in [-0.39, 0.29) is 6.61 Å². The van der Waals surface area contributed by atoms with E-state index in [1.54, 1.807) is 39.6 Å². The molecule has 0 aliphatic rings. The number of carbonyl (C=O) groups is 1. The summed E-state index contributed by atoms with van der Waals surface area (Å²) in [5, 5.41) is 9.72. The normalized spacial score (nSPS) is 12.3. The van der Waals surface area contributed by atoms with Crippen molar-refractivity contribution in [3.8, 4) is 0 Å². The number of allylic oxidation sites excluding steroid dienone is 1. The van der Waals surface area contributed by atoms with Crippen LogP contribution in [0.1, 0.15) is 38.6 Å². The second-order valence-corrected chi connectivity index (χ2v) is 8.14. The molecule has 0 saturated heterocycles. The van der Waals surface area contributed by atoms with Gasteiger partial charge >= 0.3 is 0 Å². The van der Waals surface area contributed by atoms with Crippen molar-refractivity contribution >= 4 is 33.8 Å². The smallest absolute Gasteiger partial charge is 0.214 e. The summed E-state index contributed by atoms with van der Waals surface area (Å²) in [5.74, 6) is 0.978. The highest BCUT2D eigenvalue weighted by Gasteiger charge is 2.14. The fourth-order valence-electron chi connectivity index (χ4n) is 1.75. The maximum Gasteiger partial charge on any atom is 0.214 e. The first kappa shape index (κ1) is 19.8. The van der Waals surface area contributed by atoms with Gasteiger partial charge in [-0.05, 0) is 13.8 Å².